The Labute approximate surface area is 111 Å². The lowest BCUT2D eigenvalue weighted by Crippen LogP contribution is -2.14. The van der Waals surface area contributed by atoms with E-state index in [1.807, 2.05) is 0 Å². The van der Waals surface area contributed by atoms with E-state index < -0.39 is 5.91 Å². The van der Waals surface area contributed by atoms with Crippen LogP contribution in [0.15, 0.2) is 35.8 Å². The number of benzene rings is 1. The van der Waals surface area contributed by atoms with E-state index in [0.29, 0.717) is 16.0 Å². The molecule has 0 spiro atoms. The largest absolute Gasteiger partial charge is 0.505 e. The second-order valence-corrected chi connectivity index (χ2v) is 4.60. The van der Waals surface area contributed by atoms with E-state index in [1.165, 1.54) is 11.3 Å². The molecule has 1 amide bonds. The highest BCUT2D eigenvalue weighted by Crippen LogP contribution is 2.25. The molecule has 7 heteroatoms. The Bertz CT molecular complexity index is 743. The highest BCUT2D eigenvalue weighted by atomic mass is 32.1. The van der Waals surface area contributed by atoms with E-state index in [2.05, 4.69) is 20.5 Å². The van der Waals surface area contributed by atoms with Crippen LogP contribution in [0.4, 0.5) is 5.13 Å². The van der Waals surface area contributed by atoms with Crippen LogP contribution in [0.25, 0.3) is 10.9 Å². The van der Waals surface area contributed by atoms with Gasteiger partial charge in [-0.3, -0.25) is 10.1 Å². The molecule has 3 rings (SSSR count). The average Bonchev–Trinajstić information content (AvgIpc) is 2.92. The molecule has 0 aliphatic carbocycles. The molecule has 0 atom stereocenters. The van der Waals surface area contributed by atoms with Crippen molar-refractivity contribution in [2.75, 3.05) is 5.32 Å². The first-order valence-electron chi connectivity index (χ1n) is 5.41. The van der Waals surface area contributed by atoms with Crippen LogP contribution in [0.5, 0.6) is 5.75 Å². The fraction of sp³-hybridized carbons (Fsp3) is 0. The van der Waals surface area contributed by atoms with Gasteiger partial charge < -0.3 is 5.11 Å². The lowest BCUT2D eigenvalue weighted by molar-refractivity contribution is 0.101. The minimum absolute atomic E-state index is 0.117. The van der Waals surface area contributed by atoms with Gasteiger partial charge >= 0.3 is 0 Å². The zero-order valence-corrected chi connectivity index (χ0v) is 10.4. The van der Waals surface area contributed by atoms with Crippen molar-refractivity contribution >= 4 is 33.3 Å². The van der Waals surface area contributed by atoms with E-state index in [-0.39, 0.29) is 11.4 Å². The number of carbonyl (C=O) groups excluding carboxylic acids is 1. The summed E-state index contributed by atoms with van der Waals surface area (Å²) in [5, 5.41) is 22.9. The van der Waals surface area contributed by atoms with Crippen molar-refractivity contribution in [3.05, 3.63) is 41.5 Å². The Balaban J connectivity index is 2.01. The Hall–Kier alpha value is -2.54. The number of hydrogen-bond donors (Lipinski definition) is 2. The molecule has 0 radical (unpaired) electrons. The number of aromatic nitrogens is 3. The van der Waals surface area contributed by atoms with Gasteiger partial charge in [-0.25, -0.2) is 4.98 Å². The van der Waals surface area contributed by atoms with Crippen LogP contribution >= 0.6 is 11.3 Å². The molecule has 2 aromatic heterocycles. The summed E-state index contributed by atoms with van der Waals surface area (Å²) in [7, 11) is 0. The first kappa shape index (κ1) is 11.5. The van der Waals surface area contributed by atoms with Crippen LogP contribution in [0.2, 0.25) is 0 Å². The van der Waals surface area contributed by atoms with E-state index in [0.717, 1.165) is 0 Å². The molecule has 0 fully saturated rings. The van der Waals surface area contributed by atoms with E-state index in [9.17, 15) is 9.90 Å². The number of fused-ring (bicyclic) bond motifs is 1. The summed E-state index contributed by atoms with van der Waals surface area (Å²) in [6, 6.07) is 6.93. The molecule has 3 aromatic rings. The number of rotatable bonds is 2. The van der Waals surface area contributed by atoms with Crippen LogP contribution < -0.4 is 5.32 Å². The minimum atomic E-state index is -0.536. The van der Waals surface area contributed by atoms with Crippen LogP contribution in [0.3, 0.4) is 0 Å². The predicted molar refractivity (Wildman–Crippen MR) is 71.3 cm³/mol. The fourth-order valence-electron chi connectivity index (χ4n) is 1.63. The first-order chi connectivity index (χ1) is 9.25. The Morgan fingerprint density at radius 3 is 2.89 bits per heavy atom. The van der Waals surface area contributed by atoms with Crippen LogP contribution in [-0.2, 0) is 0 Å². The van der Waals surface area contributed by atoms with Crippen molar-refractivity contribution in [3.63, 3.8) is 0 Å². The Morgan fingerprint density at radius 2 is 2.11 bits per heavy atom. The summed E-state index contributed by atoms with van der Waals surface area (Å²) in [4.78, 5) is 15.9. The number of amides is 1. The molecule has 6 nitrogen and oxygen atoms in total. The second-order valence-electron chi connectivity index (χ2n) is 3.71. The van der Waals surface area contributed by atoms with Gasteiger partial charge in [0.1, 0.15) is 0 Å². The van der Waals surface area contributed by atoms with Crippen LogP contribution in [0, 0.1) is 0 Å². The normalized spacial score (nSPS) is 10.5. The first-order valence-corrected chi connectivity index (χ1v) is 6.29. The molecule has 2 heterocycles. The SMILES string of the molecule is O=C(Nc1nccs1)c1nnc2ccccc2c1O. The zero-order chi connectivity index (χ0) is 13.2. The number of nitrogens with one attached hydrogen (secondary N) is 1. The quantitative estimate of drug-likeness (QED) is 0.745. The van der Waals surface area contributed by atoms with Gasteiger partial charge in [0.15, 0.2) is 16.6 Å². The molecular formula is C12H8N4O2S. The Morgan fingerprint density at radius 1 is 1.26 bits per heavy atom. The van der Waals surface area contributed by atoms with Gasteiger partial charge in [-0.15, -0.1) is 21.5 Å². The maximum absolute atomic E-state index is 12.0. The molecular weight excluding hydrogens is 264 g/mol. The lowest BCUT2D eigenvalue weighted by atomic mass is 10.2. The maximum atomic E-state index is 12.0. The van der Waals surface area contributed by atoms with Crippen LogP contribution in [-0.4, -0.2) is 26.2 Å². The second kappa shape index (κ2) is 4.62. The Kier molecular flexibility index (Phi) is 2.81. The number of nitrogens with zero attached hydrogens (tertiary/aromatic N) is 3. The number of thiazole rings is 1. The summed E-state index contributed by atoms with van der Waals surface area (Å²) < 4.78 is 0. The summed E-state index contributed by atoms with van der Waals surface area (Å²) in [5.41, 5.74) is 0.416. The van der Waals surface area contributed by atoms with Crippen molar-refractivity contribution in [1.82, 2.24) is 15.2 Å². The van der Waals surface area contributed by atoms with Gasteiger partial charge in [-0.2, -0.15) is 0 Å². The minimum Gasteiger partial charge on any atom is -0.505 e. The van der Waals surface area contributed by atoms with E-state index >= 15 is 0 Å². The van der Waals surface area contributed by atoms with Gasteiger partial charge in [0.2, 0.25) is 0 Å². The third-order valence-corrected chi connectivity index (χ3v) is 3.20. The number of hydrogen-bond acceptors (Lipinski definition) is 6. The molecule has 94 valence electrons. The van der Waals surface area contributed by atoms with Crippen molar-refractivity contribution in [2.45, 2.75) is 0 Å². The van der Waals surface area contributed by atoms with Gasteiger partial charge in [0.25, 0.3) is 5.91 Å². The number of anilines is 1. The molecule has 0 aliphatic heterocycles. The molecule has 0 saturated carbocycles. The number of carbonyl (C=O) groups is 1. The summed E-state index contributed by atoms with van der Waals surface area (Å²) in [6.45, 7) is 0. The van der Waals surface area contributed by atoms with Gasteiger partial charge in [0.05, 0.1) is 5.52 Å². The van der Waals surface area contributed by atoms with E-state index in [4.69, 9.17) is 0 Å². The summed E-state index contributed by atoms with van der Waals surface area (Å²) >= 11 is 1.28. The molecule has 0 unspecified atom stereocenters. The molecule has 1 aromatic carbocycles. The van der Waals surface area contributed by atoms with E-state index in [1.54, 1.807) is 35.8 Å². The lowest BCUT2D eigenvalue weighted by Gasteiger charge is -2.05. The summed E-state index contributed by atoms with van der Waals surface area (Å²) in [5.74, 6) is -0.717. The third-order valence-electron chi connectivity index (χ3n) is 2.51. The van der Waals surface area contributed by atoms with Crippen molar-refractivity contribution < 1.29 is 9.90 Å². The number of aromatic hydroxyl groups is 1. The van der Waals surface area contributed by atoms with Gasteiger partial charge in [-0.1, -0.05) is 12.1 Å². The standard InChI is InChI=1S/C12H8N4O2S/c17-10-7-3-1-2-4-8(7)15-16-9(10)11(18)14-12-13-5-6-19-12/h1-6H,(H,15,17)(H,13,14,18). The molecule has 0 aliphatic rings. The topological polar surface area (TPSA) is 88.0 Å². The molecule has 19 heavy (non-hydrogen) atoms. The fourth-order valence-corrected chi connectivity index (χ4v) is 2.16. The third kappa shape index (κ3) is 2.11. The smallest absolute Gasteiger partial charge is 0.281 e. The van der Waals surface area contributed by atoms with Crippen LogP contribution in [0.1, 0.15) is 10.5 Å². The average molecular weight is 272 g/mol. The summed E-state index contributed by atoms with van der Waals surface area (Å²) in [6.07, 6.45) is 1.58. The highest BCUT2D eigenvalue weighted by Gasteiger charge is 2.17. The van der Waals surface area contributed by atoms with Gasteiger partial charge in [-0.05, 0) is 12.1 Å². The molecule has 0 saturated heterocycles. The highest BCUT2D eigenvalue weighted by molar-refractivity contribution is 7.13. The van der Waals surface area contributed by atoms with Gasteiger partial charge in [0, 0.05) is 17.0 Å². The van der Waals surface area contributed by atoms with Crippen molar-refractivity contribution in [1.29, 1.82) is 0 Å². The van der Waals surface area contributed by atoms with Crippen molar-refractivity contribution in [3.8, 4) is 5.75 Å². The van der Waals surface area contributed by atoms with Crippen molar-refractivity contribution in [2.24, 2.45) is 0 Å². The molecule has 0 bridgehead atoms. The maximum Gasteiger partial charge on any atom is 0.281 e. The molecule has 2 N–H and O–H groups in total. The zero-order valence-electron chi connectivity index (χ0n) is 9.57. The predicted octanol–water partition coefficient (Wildman–Crippen LogP) is 2.04. The monoisotopic (exact) mass is 272 g/mol.